The van der Waals surface area contributed by atoms with Gasteiger partial charge in [-0.05, 0) is 24.3 Å². The molecule has 0 aromatic heterocycles. The molecule has 124 valence electrons. The van der Waals surface area contributed by atoms with Gasteiger partial charge in [-0.2, -0.15) is 0 Å². The lowest BCUT2D eigenvalue weighted by atomic mass is 10.0. The number of nitrogens with one attached hydrogen (secondary N) is 1. The molecule has 3 aromatic rings. The van der Waals surface area contributed by atoms with Crippen molar-refractivity contribution in [2.24, 2.45) is 0 Å². The first-order valence-corrected chi connectivity index (χ1v) is 9.19. The van der Waals surface area contributed by atoms with Crippen molar-refractivity contribution < 1.29 is 0 Å². The van der Waals surface area contributed by atoms with E-state index in [2.05, 4.69) is 5.32 Å². The SMILES string of the molecule is O=c1c(Nc2ccccc2)c2sc3ccccc3nc-2c2ccccc12. The number of fused-ring (bicyclic) bond motifs is 4. The van der Waals surface area contributed by atoms with Crippen molar-refractivity contribution in [1.82, 2.24) is 4.98 Å². The lowest BCUT2D eigenvalue weighted by Gasteiger charge is -2.15. The minimum atomic E-state index is 0.00489. The Morgan fingerprint density at radius 2 is 1.46 bits per heavy atom. The number of rotatable bonds is 2. The average molecular weight is 354 g/mol. The summed E-state index contributed by atoms with van der Waals surface area (Å²) in [4.78, 5) is 19.0. The molecule has 1 N–H and O–H groups in total. The van der Waals surface area contributed by atoms with E-state index in [0.29, 0.717) is 11.1 Å². The highest BCUT2D eigenvalue weighted by atomic mass is 32.1. The monoisotopic (exact) mass is 354 g/mol. The lowest BCUT2D eigenvalue weighted by Crippen LogP contribution is -2.11. The Morgan fingerprint density at radius 1 is 0.769 bits per heavy atom. The molecule has 0 spiro atoms. The van der Waals surface area contributed by atoms with Gasteiger partial charge in [0.05, 0.1) is 20.8 Å². The Morgan fingerprint density at radius 3 is 2.31 bits per heavy atom. The summed E-state index contributed by atoms with van der Waals surface area (Å²) in [7, 11) is 0. The van der Waals surface area contributed by atoms with Crippen molar-refractivity contribution in [1.29, 1.82) is 0 Å². The van der Waals surface area contributed by atoms with Crippen molar-refractivity contribution in [3.8, 4) is 10.6 Å². The van der Waals surface area contributed by atoms with Gasteiger partial charge < -0.3 is 5.32 Å². The zero-order valence-corrected chi connectivity index (χ0v) is 14.6. The van der Waals surface area contributed by atoms with E-state index in [-0.39, 0.29) is 5.43 Å². The van der Waals surface area contributed by atoms with Gasteiger partial charge in [0.15, 0.2) is 0 Å². The van der Waals surface area contributed by atoms with Gasteiger partial charge in [-0.15, -0.1) is 11.3 Å². The lowest BCUT2D eigenvalue weighted by molar-refractivity contribution is 1.43. The highest BCUT2D eigenvalue weighted by Gasteiger charge is 2.20. The van der Waals surface area contributed by atoms with E-state index in [1.165, 1.54) is 0 Å². The largest absolute Gasteiger partial charge is 0.351 e. The van der Waals surface area contributed by atoms with Gasteiger partial charge in [0.25, 0.3) is 0 Å². The van der Waals surface area contributed by atoms with Gasteiger partial charge in [0, 0.05) is 16.5 Å². The summed E-state index contributed by atoms with van der Waals surface area (Å²) in [5.41, 5.74) is 3.29. The minimum Gasteiger partial charge on any atom is -0.351 e. The molecule has 3 nitrogen and oxygen atoms in total. The van der Waals surface area contributed by atoms with E-state index < -0.39 is 0 Å². The third-order valence-electron chi connectivity index (χ3n) is 4.45. The molecule has 0 saturated heterocycles. The van der Waals surface area contributed by atoms with E-state index >= 15 is 0 Å². The Kier molecular flexibility index (Phi) is 3.43. The van der Waals surface area contributed by atoms with Gasteiger partial charge in [-0.1, -0.05) is 54.6 Å². The molecular weight excluding hydrogens is 340 g/mol. The van der Waals surface area contributed by atoms with E-state index in [1.54, 1.807) is 11.3 Å². The number of hydrogen-bond donors (Lipinski definition) is 1. The molecule has 1 aliphatic heterocycles. The second-order valence-electron chi connectivity index (χ2n) is 6.10. The van der Waals surface area contributed by atoms with Crippen LogP contribution in [0.4, 0.5) is 11.4 Å². The van der Waals surface area contributed by atoms with E-state index in [9.17, 15) is 4.79 Å². The average Bonchev–Trinajstić information content (AvgIpc) is 2.71. The van der Waals surface area contributed by atoms with Gasteiger partial charge in [0.1, 0.15) is 5.69 Å². The first-order valence-electron chi connectivity index (χ1n) is 8.37. The van der Waals surface area contributed by atoms with Crippen molar-refractivity contribution in [3.63, 3.8) is 0 Å². The van der Waals surface area contributed by atoms with Crippen LogP contribution in [-0.2, 0) is 0 Å². The number of aromatic nitrogens is 1. The predicted molar refractivity (Wildman–Crippen MR) is 110 cm³/mol. The number of benzene rings is 4. The van der Waals surface area contributed by atoms with Gasteiger partial charge in [-0.25, -0.2) is 4.98 Å². The highest BCUT2D eigenvalue weighted by Crippen LogP contribution is 2.39. The zero-order valence-electron chi connectivity index (χ0n) is 13.8. The van der Waals surface area contributed by atoms with E-state index in [1.807, 2.05) is 78.9 Å². The topological polar surface area (TPSA) is 42.0 Å². The fourth-order valence-electron chi connectivity index (χ4n) is 3.22. The molecule has 1 heterocycles. The van der Waals surface area contributed by atoms with Crippen LogP contribution in [0.5, 0.6) is 0 Å². The maximum atomic E-state index is 13.2. The molecule has 5 rings (SSSR count). The standard InChI is InChI=1S/C22H14N2OS/c25-21-16-11-5-4-10-15(16)19-22(20(21)23-14-8-2-1-3-9-14)26-18-13-7-6-12-17(18)24-19/h1-13,23H. The van der Waals surface area contributed by atoms with Crippen LogP contribution < -0.4 is 10.7 Å². The summed E-state index contributed by atoms with van der Waals surface area (Å²) < 4.78 is 1.06. The van der Waals surface area contributed by atoms with Crippen molar-refractivity contribution in [2.75, 3.05) is 5.32 Å². The fraction of sp³-hybridized carbons (Fsp3) is 0. The summed E-state index contributed by atoms with van der Waals surface area (Å²) in [6.07, 6.45) is 0. The fourth-order valence-corrected chi connectivity index (χ4v) is 4.30. The molecule has 0 radical (unpaired) electrons. The first kappa shape index (κ1) is 15.0. The molecule has 0 amide bonds. The van der Waals surface area contributed by atoms with E-state index in [0.717, 1.165) is 31.9 Å². The second kappa shape index (κ2) is 5.93. The summed E-state index contributed by atoms with van der Waals surface area (Å²) in [6.45, 7) is 0. The van der Waals surface area contributed by atoms with Crippen LogP contribution in [0.2, 0.25) is 0 Å². The minimum absolute atomic E-state index is 0.00489. The maximum Gasteiger partial charge on any atom is 0.211 e. The van der Waals surface area contributed by atoms with E-state index in [4.69, 9.17) is 4.98 Å². The smallest absolute Gasteiger partial charge is 0.211 e. The van der Waals surface area contributed by atoms with Crippen molar-refractivity contribution >= 4 is 43.7 Å². The Balaban J connectivity index is 1.91. The molecule has 1 aliphatic carbocycles. The number of anilines is 2. The Labute approximate surface area is 153 Å². The Bertz CT molecular complexity index is 1280. The molecule has 0 unspecified atom stereocenters. The van der Waals surface area contributed by atoms with Gasteiger partial charge in [0.2, 0.25) is 5.43 Å². The Hall–Kier alpha value is -3.24. The number of nitrogens with zero attached hydrogens (tertiary/aromatic N) is 1. The maximum absolute atomic E-state index is 13.2. The van der Waals surface area contributed by atoms with Crippen LogP contribution in [-0.4, -0.2) is 4.98 Å². The molecule has 0 bridgehead atoms. The predicted octanol–water partition coefficient (Wildman–Crippen LogP) is 5.66. The van der Waals surface area contributed by atoms with Crippen LogP contribution in [0.3, 0.4) is 0 Å². The van der Waals surface area contributed by atoms with Gasteiger partial charge in [-0.3, -0.25) is 4.79 Å². The number of para-hydroxylation sites is 2. The molecule has 2 aliphatic rings. The van der Waals surface area contributed by atoms with Crippen LogP contribution in [0.1, 0.15) is 0 Å². The van der Waals surface area contributed by atoms with Crippen LogP contribution in [0.15, 0.2) is 83.7 Å². The quantitative estimate of drug-likeness (QED) is 0.329. The molecule has 4 heteroatoms. The zero-order chi connectivity index (χ0) is 17.5. The third kappa shape index (κ3) is 2.35. The first-order chi connectivity index (χ1) is 12.8. The molecule has 3 aromatic carbocycles. The molecule has 0 fully saturated rings. The summed E-state index contributed by atoms with van der Waals surface area (Å²) >= 11 is 1.60. The van der Waals surface area contributed by atoms with Crippen LogP contribution >= 0.6 is 11.3 Å². The number of hydrogen-bond acceptors (Lipinski definition) is 4. The summed E-state index contributed by atoms with van der Waals surface area (Å²) in [5, 5.41) is 4.91. The molecular formula is C22H14N2OS. The molecule has 26 heavy (non-hydrogen) atoms. The third-order valence-corrected chi connectivity index (χ3v) is 5.62. The second-order valence-corrected chi connectivity index (χ2v) is 7.15. The molecule has 0 atom stereocenters. The van der Waals surface area contributed by atoms with Crippen molar-refractivity contribution in [2.45, 2.75) is 0 Å². The molecule has 0 saturated carbocycles. The van der Waals surface area contributed by atoms with Crippen LogP contribution in [0, 0.1) is 0 Å². The van der Waals surface area contributed by atoms with Gasteiger partial charge >= 0.3 is 0 Å². The summed E-state index contributed by atoms with van der Waals surface area (Å²) in [6, 6.07) is 25.5. The normalized spacial score (nSPS) is 11.2. The highest BCUT2D eigenvalue weighted by molar-refractivity contribution is 7.22. The van der Waals surface area contributed by atoms with Crippen LogP contribution in [0.25, 0.3) is 31.6 Å². The van der Waals surface area contributed by atoms with Crippen molar-refractivity contribution in [3.05, 3.63) is 89.1 Å². The summed E-state index contributed by atoms with van der Waals surface area (Å²) in [5.74, 6) is 0.